The first kappa shape index (κ1) is 19.9. The third kappa shape index (κ3) is 4.19. The van der Waals surface area contributed by atoms with Crippen molar-refractivity contribution in [3.05, 3.63) is 60.2 Å². The van der Waals surface area contributed by atoms with Gasteiger partial charge < -0.3 is 15.0 Å². The topological polar surface area (TPSA) is 58.6 Å². The quantitative estimate of drug-likeness (QED) is 0.697. The van der Waals surface area contributed by atoms with Gasteiger partial charge in [-0.15, -0.1) is 0 Å². The molecule has 0 heterocycles. The lowest BCUT2D eigenvalue weighted by Crippen LogP contribution is -2.45. The van der Waals surface area contributed by atoms with Crippen molar-refractivity contribution in [2.45, 2.75) is 46.2 Å². The van der Waals surface area contributed by atoms with E-state index in [2.05, 4.69) is 5.32 Å². The molecule has 1 aliphatic carbocycles. The predicted octanol–water partition coefficient (Wildman–Crippen LogP) is 4.24. The summed E-state index contributed by atoms with van der Waals surface area (Å²) in [5.41, 5.74) is 0.688. The van der Waals surface area contributed by atoms with Crippen LogP contribution in [0, 0.1) is 5.41 Å². The number of nitrogens with zero attached hydrogens (tertiary/aromatic N) is 1. The second-order valence-electron chi connectivity index (χ2n) is 7.48. The average molecular weight is 380 g/mol. The molecule has 1 fully saturated rings. The number of ether oxygens (including phenoxy) is 1. The standard InChI is InChI=1S/C23H28N2O3/c1-4-28-20-13-9-8-12-19(20)24-21(26)23(14-15-23)22(27)25(17(2)3)16-18-10-6-5-7-11-18/h5-13,17H,4,14-16H2,1-3H3,(H,24,26). The Labute approximate surface area is 166 Å². The highest BCUT2D eigenvalue weighted by molar-refractivity contribution is 6.13. The van der Waals surface area contributed by atoms with E-state index >= 15 is 0 Å². The summed E-state index contributed by atoms with van der Waals surface area (Å²) in [5.74, 6) is 0.271. The number of carbonyl (C=O) groups is 2. The van der Waals surface area contributed by atoms with E-state index in [4.69, 9.17) is 4.74 Å². The zero-order chi connectivity index (χ0) is 20.1. The van der Waals surface area contributed by atoms with Crippen molar-refractivity contribution in [2.75, 3.05) is 11.9 Å². The molecule has 2 amide bonds. The summed E-state index contributed by atoms with van der Waals surface area (Å²) in [4.78, 5) is 28.2. The summed E-state index contributed by atoms with van der Waals surface area (Å²) in [6, 6.07) is 17.2. The second kappa shape index (κ2) is 8.46. The molecule has 3 rings (SSSR count). The number of rotatable bonds is 8. The summed E-state index contributed by atoms with van der Waals surface area (Å²) in [6.07, 6.45) is 1.15. The molecule has 1 aliphatic rings. The molecule has 0 spiro atoms. The number of para-hydroxylation sites is 2. The fourth-order valence-electron chi connectivity index (χ4n) is 3.30. The van der Waals surface area contributed by atoms with Gasteiger partial charge in [0.2, 0.25) is 11.8 Å². The van der Waals surface area contributed by atoms with Crippen LogP contribution in [0.2, 0.25) is 0 Å². The number of carbonyl (C=O) groups excluding carboxylic acids is 2. The van der Waals surface area contributed by atoms with Crippen molar-refractivity contribution >= 4 is 17.5 Å². The van der Waals surface area contributed by atoms with E-state index < -0.39 is 5.41 Å². The minimum absolute atomic E-state index is 0.00805. The molecule has 2 aromatic rings. The van der Waals surface area contributed by atoms with Gasteiger partial charge in [0.15, 0.2) is 0 Å². The fourth-order valence-corrected chi connectivity index (χ4v) is 3.30. The van der Waals surface area contributed by atoms with E-state index in [0.29, 0.717) is 37.4 Å². The van der Waals surface area contributed by atoms with Gasteiger partial charge in [-0.1, -0.05) is 42.5 Å². The number of nitrogens with one attached hydrogen (secondary N) is 1. The average Bonchev–Trinajstić information content (AvgIpc) is 3.50. The maximum absolute atomic E-state index is 13.3. The monoisotopic (exact) mass is 380 g/mol. The molecule has 2 aromatic carbocycles. The number of benzene rings is 2. The van der Waals surface area contributed by atoms with Crippen LogP contribution in [0.5, 0.6) is 5.75 Å². The van der Waals surface area contributed by atoms with Crippen LogP contribution in [-0.4, -0.2) is 29.4 Å². The molecule has 0 bridgehead atoms. The summed E-state index contributed by atoms with van der Waals surface area (Å²) < 4.78 is 5.59. The molecule has 0 unspecified atom stereocenters. The van der Waals surface area contributed by atoms with E-state index in [9.17, 15) is 9.59 Å². The lowest BCUT2D eigenvalue weighted by Gasteiger charge is -2.30. The van der Waals surface area contributed by atoms with Crippen LogP contribution < -0.4 is 10.1 Å². The maximum atomic E-state index is 13.3. The molecule has 1 saturated carbocycles. The summed E-state index contributed by atoms with van der Waals surface area (Å²) >= 11 is 0. The van der Waals surface area contributed by atoms with E-state index in [1.807, 2.05) is 69.3 Å². The molecule has 0 saturated heterocycles. The van der Waals surface area contributed by atoms with E-state index in [1.54, 1.807) is 11.0 Å². The lowest BCUT2D eigenvalue weighted by atomic mass is 10.0. The zero-order valence-electron chi connectivity index (χ0n) is 16.8. The van der Waals surface area contributed by atoms with Gasteiger partial charge in [0.05, 0.1) is 12.3 Å². The number of anilines is 1. The van der Waals surface area contributed by atoms with Crippen molar-refractivity contribution in [1.82, 2.24) is 4.90 Å². The minimum atomic E-state index is -0.974. The number of hydrogen-bond donors (Lipinski definition) is 1. The molecule has 5 nitrogen and oxygen atoms in total. The molecule has 1 N–H and O–H groups in total. The zero-order valence-corrected chi connectivity index (χ0v) is 16.8. The first-order valence-corrected chi connectivity index (χ1v) is 9.86. The molecule has 0 radical (unpaired) electrons. The molecule has 0 aliphatic heterocycles. The van der Waals surface area contributed by atoms with Gasteiger partial charge in [-0.3, -0.25) is 9.59 Å². The Bertz CT molecular complexity index is 829. The smallest absolute Gasteiger partial charge is 0.240 e. The highest BCUT2D eigenvalue weighted by Gasteiger charge is 2.58. The van der Waals surface area contributed by atoms with Crippen LogP contribution in [0.3, 0.4) is 0 Å². The van der Waals surface area contributed by atoms with Crippen LogP contribution in [0.4, 0.5) is 5.69 Å². The Morgan fingerprint density at radius 1 is 1.07 bits per heavy atom. The van der Waals surface area contributed by atoms with Crippen LogP contribution in [0.15, 0.2) is 54.6 Å². The third-order valence-corrected chi connectivity index (χ3v) is 5.11. The molecule has 0 aromatic heterocycles. The fraction of sp³-hybridized carbons (Fsp3) is 0.391. The number of hydrogen-bond acceptors (Lipinski definition) is 3. The van der Waals surface area contributed by atoms with E-state index in [0.717, 1.165) is 5.56 Å². The first-order chi connectivity index (χ1) is 13.5. The maximum Gasteiger partial charge on any atom is 0.240 e. The Morgan fingerprint density at radius 3 is 2.32 bits per heavy atom. The lowest BCUT2D eigenvalue weighted by molar-refractivity contribution is -0.144. The SMILES string of the molecule is CCOc1ccccc1NC(=O)C1(C(=O)N(Cc2ccccc2)C(C)C)CC1. The normalized spacial score (nSPS) is 14.4. The van der Waals surface area contributed by atoms with Crippen LogP contribution >= 0.6 is 0 Å². The number of amides is 2. The van der Waals surface area contributed by atoms with Crippen molar-refractivity contribution in [3.63, 3.8) is 0 Å². The van der Waals surface area contributed by atoms with Gasteiger partial charge in [-0.2, -0.15) is 0 Å². The molecular weight excluding hydrogens is 352 g/mol. The van der Waals surface area contributed by atoms with Crippen molar-refractivity contribution in [2.24, 2.45) is 5.41 Å². The Kier molecular flexibility index (Phi) is 6.02. The van der Waals surface area contributed by atoms with Crippen LogP contribution in [-0.2, 0) is 16.1 Å². The van der Waals surface area contributed by atoms with Gasteiger partial charge in [0.25, 0.3) is 0 Å². The highest BCUT2D eigenvalue weighted by atomic mass is 16.5. The third-order valence-electron chi connectivity index (χ3n) is 5.11. The first-order valence-electron chi connectivity index (χ1n) is 9.86. The van der Waals surface area contributed by atoms with Crippen LogP contribution in [0.25, 0.3) is 0 Å². The van der Waals surface area contributed by atoms with Gasteiger partial charge in [-0.25, -0.2) is 0 Å². The Morgan fingerprint density at radius 2 is 1.71 bits per heavy atom. The molecule has 0 atom stereocenters. The predicted molar refractivity (Wildman–Crippen MR) is 110 cm³/mol. The molecule has 148 valence electrons. The van der Waals surface area contributed by atoms with Gasteiger partial charge in [0, 0.05) is 12.6 Å². The van der Waals surface area contributed by atoms with Gasteiger partial charge in [0.1, 0.15) is 11.2 Å². The van der Waals surface area contributed by atoms with E-state index in [-0.39, 0.29) is 17.9 Å². The molecular formula is C23H28N2O3. The summed E-state index contributed by atoms with van der Waals surface area (Å²) in [5, 5.41) is 2.93. The molecule has 28 heavy (non-hydrogen) atoms. The largest absolute Gasteiger partial charge is 0.492 e. The Hall–Kier alpha value is -2.82. The van der Waals surface area contributed by atoms with E-state index in [1.165, 1.54) is 0 Å². The van der Waals surface area contributed by atoms with Gasteiger partial charge >= 0.3 is 0 Å². The second-order valence-corrected chi connectivity index (χ2v) is 7.48. The van der Waals surface area contributed by atoms with Crippen molar-refractivity contribution in [1.29, 1.82) is 0 Å². The van der Waals surface area contributed by atoms with Crippen LogP contribution in [0.1, 0.15) is 39.2 Å². The van der Waals surface area contributed by atoms with Crippen molar-refractivity contribution in [3.8, 4) is 5.75 Å². The minimum Gasteiger partial charge on any atom is -0.492 e. The summed E-state index contributed by atoms with van der Waals surface area (Å²) in [6.45, 7) is 6.88. The Balaban J connectivity index is 1.77. The molecule has 5 heteroatoms. The summed E-state index contributed by atoms with van der Waals surface area (Å²) in [7, 11) is 0. The highest BCUT2D eigenvalue weighted by Crippen LogP contribution is 2.49. The van der Waals surface area contributed by atoms with Crippen molar-refractivity contribution < 1.29 is 14.3 Å². The van der Waals surface area contributed by atoms with Gasteiger partial charge in [-0.05, 0) is 51.3 Å².